The maximum absolute atomic E-state index is 14.5. The van der Waals surface area contributed by atoms with Crippen LogP contribution >= 0.6 is 11.6 Å². The lowest BCUT2D eigenvalue weighted by Crippen LogP contribution is -2.54. The average Bonchev–Trinajstić information content (AvgIpc) is 2.99. The Morgan fingerprint density at radius 3 is 2.09 bits per heavy atom. The van der Waals surface area contributed by atoms with Crippen molar-refractivity contribution < 1.29 is 18.0 Å². The highest BCUT2D eigenvalue weighted by atomic mass is 35.5. The molecule has 0 aliphatic rings. The Morgan fingerprint density at radius 1 is 0.818 bits per heavy atom. The van der Waals surface area contributed by atoms with E-state index in [1.54, 1.807) is 42.5 Å². The predicted octanol–water partition coefficient (Wildman–Crippen LogP) is 6.32. The van der Waals surface area contributed by atoms with E-state index in [1.807, 2.05) is 76.2 Å². The number of hydrogen-bond donors (Lipinski definition) is 1. The van der Waals surface area contributed by atoms with E-state index in [-0.39, 0.29) is 29.8 Å². The normalized spacial score (nSPS) is 12.0. The lowest BCUT2D eigenvalue weighted by molar-refractivity contribution is -0.140. The van der Waals surface area contributed by atoms with Crippen LogP contribution in [0.4, 0.5) is 5.69 Å². The quantitative estimate of drug-likeness (QED) is 0.198. The summed E-state index contributed by atoms with van der Waals surface area (Å²) in [6, 6.07) is 29.0. The Hall–Kier alpha value is -4.14. The van der Waals surface area contributed by atoms with Gasteiger partial charge in [-0.25, -0.2) is 8.42 Å². The summed E-state index contributed by atoms with van der Waals surface area (Å²) in [5.74, 6) is -0.853. The second kappa shape index (κ2) is 14.6. The number of hydrogen-bond acceptors (Lipinski definition) is 4. The summed E-state index contributed by atoms with van der Waals surface area (Å²) in [6.45, 7) is 6.93. The maximum Gasteiger partial charge on any atom is 0.264 e. The Labute approximate surface area is 265 Å². The average molecular weight is 632 g/mol. The molecule has 4 aromatic rings. The fraction of sp³-hybridized carbons (Fsp3) is 0.257. The second-order valence-corrected chi connectivity index (χ2v) is 13.4. The first-order valence-corrected chi connectivity index (χ1v) is 16.3. The number of sulfonamides is 1. The lowest BCUT2D eigenvalue weighted by atomic mass is 10.0. The third-order valence-electron chi connectivity index (χ3n) is 7.19. The fourth-order valence-corrected chi connectivity index (χ4v) is 6.69. The zero-order valence-corrected chi connectivity index (χ0v) is 27.0. The number of rotatable bonds is 12. The zero-order valence-electron chi connectivity index (χ0n) is 25.4. The van der Waals surface area contributed by atoms with E-state index >= 15 is 0 Å². The predicted molar refractivity (Wildman–Crippen MR) is 176 cm³/mol. The van der Waals surface area contributed by atoms with Crippen molar-refractivity contribution in [2.24, 2.45) is 0 Å². The first-order chi connectivity index (χ1) is 21.0. The third-order valence-corrected chi connectivity index (χ3v) is 9.20. The minimum Gasteiger partial charge on any atom is -0.352 e. The molecule has 0 aliphatic carbocycles. The van der Waals surface area contributed by atoms with E-state index in [0.717, 1.165) is 15.4 Å². The second-order valence-electron chi connectivity index (χ2n) is 11.1. The van der Waals surface area contributed by atoms with Crippen LogP contribution in [0, 0.1) is 13.8 Å². The van der Waals surface area contributed by atoms with Gasteiger partial charge in [0.1, 0.15) is 12.6 Å². The summed E-state index contributed by atoms with van der Waals surface area (Å²) >= 11 is 6.30. The molecule has 4 aromatic carbocycles. The van der Waals surface area contributed by atoms with Crippen LogP contribution in [-0.4, -0.2) is 43.8 Å². The summed E-state index contributed by atoms with van der Waals surface area (Å²) in [5, 5.41) is 3.45. The molecule has 0 fully saturated rings. The van der Waals surface area contributed by atoms with Gasteiger partial charge in [-0.3, -0.25) is 13.9 Å². The van der Waals surface area contributed by atoms with Gasteiger partial charge in [-0.05, 0) is 80.3 Å². The number of nitrogens with zero attached hydrogens (tertiary/aromatic N) is 2. The highest BCUT2D eigenvalue weighted by Gasteiger charge is 2.35. The molecule has 4 rings (SSSR count). The van der Waals surface area contributed by atoms with Gasteiger partial charge < -0.3 is 10.2 Å². The van der Waals surface area contributed by atoms with Crippen molar-refractivity contribution in [1.82, 2.24) is 10.2 Å². The highest BCUT2D eigenvalue weighted by molar-refractivity contribution is 7.92. The summed E-state index contributed by atoms with van der Waals surface area (Å²) in [5.41, 5.74) is 3.52. The van der Waals surface area contributed by atoms with Gasteiger partial charge in [0.25, 0.3) is 10.0 Å². The minimum absolute atomic E-state index is 0.0500. The van der Waals surface area contributed by atoms with E-state index in [1.165, 1.54) is 17.0 Å². The van der Waals surface area contributed by atoms with E-state index < -0.39 is 28.5 Å². The highest BCUT2D eigenvalue weighted by Crippen LogP contribution is 2.29. The Bertz CT molecular complexity index is 1700. The van der Waals surface area contributed by atoms with Crippen LogP contribution in [0.15, 0.2) is 108 Å². The smallest absolute Gasteiger partial charge is 0.264 e. The Kier molecular flexibility index (Phi) is 10.8. The molecule has 9 heteroatoms. The standard InChI is InChI=1S/C35H38ClN3O4S/c1-25(2)37-35(41)33(22-28-12-7-5-8-13-28)38(23-29-14-11-15-30(36)21-29)34(40)24-39(32-20-26(3)18-19-27(32)4)44(42,43)31-16-9-6-10-17-31/h5-21,25,33H,22-24H2,1-4H3,(H,37,41)/t33-/m0/s1. The van der Waals surface area contributed by atoms with Crippen LogP contribution in [0.1, 0.15) is 36.1 Å². The van der Waals surface area contributed by atoms with Gasteiger partial charge >= 0.3 is 0 Å². The zero-order chi connectivity index (χ0) is 31.9. The molecule has 0 aromatic heterocycles. The van der Waals surface area contributed by atoms with Crippen molar-refractivity contribution >= 4 is 39.1 Å². The molecule has 0 bridgehead atoms. The van der Waals surface area contributed by atoms with Gasteiger partial charge in [0.05, 0.1) is 10.6 Å². The van der Waals surface area contributed by atoms with Crippen molar-refractivity contribution in [2.45, 2.75) is 57.6 Å². The lowest BCUT2D eigenvalue weighted by Gasteiger charge is -2.34. The Morgan fingerprint density at radius 2 is 1.45 bits per heavy atom. The number of aryl methyl sites for hydroxylation is 2. The number of nitrogens with one attached hydrogen (secondary N) is 1. The largest absolute Gasteiger partial charge is 0.352 e. The van der Waals surface area contributed by atoms with Crippen LogP contribution in [0.3, 0.4) is 0 Å². The maximum atomic E-state index is 14.5. The number of carbonyl (C=O) groups is 2. The summed E-state index contributed by atoms with van der Waals surface area (Å²) < 4.78 is 29.5. The van der Waals surface area contributed by atoms with E-state index in [0.29, 0.717) is 21.8 Å². The van der Waals surface area contributed by atoms with Gasteiger partial charge in [-0.2, -0.15) is 0 Å². The number of benzene rings is 4. The first kappa shape index (κ1) is 32.8. The number of carbonyl (C=O) groups excluding carboxylic acids is 2. The Balaban J connectivity index is 1.83. The van der Waals surface area contributed by atoms with E-state index in [4.69, 9.17) is 11.6 Å². The summed E-state index contributed by atoms with van der Waals surface area (Å²) in [6.07, 6.45) is 0.237. The molecule has 1 atom stereocenters. The van der Waals surface area contributed by atoms with Crippen molar-refractivity contribution in [1.29, 1.82) is 0 Å². The van der Waals surface area contributed by atoms with Crippen molar-refractivity contribution in [3.63, 3.8) is 0 Å². The molecule has 0 saturated carbocycles. The fourth-order valence-electron chi connectivity index (χ4n) is 4.99. The van der Waals surface area contributed by atoms with Crippen molar-refractivity contribution in [3.05, 3.63) is 130 Å². The molecule has 0 saturated heterocycles. The van der Waals surface area contributed by atoms with Crippen LogP contribution < -0.4 is 9.62 Å². The van der Waals surface area contributed by atoms with Crippen LogP contribution in [0.5, 0.6) is 0 Å². The van der Waals surface area contributed by atoms with Gasteiger partial charge in [0.15, 0.2) is 0 Å². The molecule has 0 heterocycles. The topological polar surface area (TPSA) is 86.8 Å². The molecular weight excluding hydrogens is 594 g/mol. The van der Waals surface area contributed by atoms with E-state index in [2.05, 4.69) is 5.32 Å². The van der Waals surface area contributed by atoms with Crippen LogP contribution in [0.25, 0.3) is 0 Å². The van der Waals surface area contributed by atoms with Gasteiger partial charge in [-0.1, -0.05) is 84.4 Å². The number of anilines is 1. The molecule has 44 heavy (non-hydrogen) atoms. The summed E-state index contributed by atoms with van der Waals surface area (Å²) in [7, 11) is -4.16. The van der Waals surface area contributed by atoms with Gasteiger partial charge in [0.2, 0.25) is 11.8 Å². The monoisotopic (exact) mass is 631 g/mol. The molecule has 0 aliphatic heterocycles. The van der Waals surface area contributed by atoms with Gasteiger partial charge in [-0.15, -0.1) is 0 Å². The first-order valence-electron chi connectivity index (χ1n) is 14.5. The number of amides is 2. The molecular formula is C35H38ClN3O4S. The molecule has 0 radical (unpaired) electrons. The minimum atomic E-state index is -4.16. The van der Waals surface area contributed by atoms with Crippen LogP contribution in [0.2, 0.25) is 5.02 Å². The third kappa shape index (κ3) is 8.27. The molecule has 0 spiro atoms. The molecule has 1 N–H and O–H groups in total. The molecule has 7 nitrogen and oxygen atoms in total. The van der Waals surface area contributed by atoms with Gasteiger partial charge in [0, 0.05) is 24.0 Å². The molecule has 2 amide bonds. The van der Waals surface area contributed by atoms with Crippen molar-refractivity contribution in [2.75, 3.05) is 10.8 Å². The SMILES string of the molecule is Cc1ccc(C)c(N(CC(=O)N(Cc2cccc(Cl)c2)[C@@H](Cc2ccccc2)C(=O)NC(C)C)S(=O)(=O)c2ccccc2)c1. The van der Waals surface area contributed by atoms with Crippen molar-refractivity contribution in [3.8, 4) is 0 Å². The summed E-state index contributed by atoms with van der Waals surface area (Å²) in [4.78, 5) is 29.8. The number of halogens is 1. The van der Waals surface area contributed by atoms with Crippen LogP contribution in [-0.2, 0) is 32.6 Å². The molecule has 0 unspecified atom stereocenters. The van der Waals surface area contributed by atoms with E-state index in [9.17, 15) is 18.0 Å². The molecule has 230 valence electrons.